The summed E-state index contributed by atoms with van der Waals surface area (Å²) in [7, 11) is 0. The predicted octanol–water partition coefficient (Wildman–Crippen LogP) is 1.91. The van der Waals surface area contributed by atoms with Crippen molar-refractivity contribution in [2.45, 2.75) is 0 Å². The fourth-order valence-electron chi connectivity index (χ4n) is 1.69. The number of anilines is 4. The Morgan fingerprint density at radius 1 is 0.800 bits per heavy atom. The maximum Gasteiger partial charge on any atom is 0.185 e. The third kappa shape index (κ3) is 2.89. The second-order valence-corrected chi connectivity index (χ2v) is 4.43. The number of hydrogen-bond acceptors (Lipinski definition) is 5. The summed E-state index contributed by atoms with van der Waals surface area (Å²) >= 11 is 0. The van der Waals surface area contributed by atoms with Gasteiger partial charge >= 0.3 is 0 Å². The zero-order valence-corrected chi connectivity index (χ0v) is 10.8. The normalized spacial score (nSPS) is 10.8. The molecule has 102 valence electrons. The molecule has 0 saturated carbocycles. The van der Waals surface area contributed by atoms with Crippen LogP contribution in [-0.2, 0) is 0 Å². The van der Waals surface area contributed by atoms with Crippen molar-refractivity contribution in [3.63, 3.8) is 0 Å². The average Bonchev–Trinajstić information content (AvgIpc) is 2.43. The van der Waals surface area contributed by atoms with Crippen LogP contribution in [0.5, 0.6) is 0 Å². The Morgan fingerprint density at radius 3 is 2.00 bits per heavy atom. The van der Waals surface area contributed by atoms with E-state index in [9.17, 15) is 4.79 Å². The van der Waals surface area contributed by atoms with Crippen LogP contribution < -0.4 is 22.9 Å². The molecule has 0 amide bonds. The van der Waals surface area contributed by atoms with Gasteiger partial charge in [0.25, 0.3) is 0 Å². The summed E-state index contributed by atoms with van der Waals surface area (Å²) in [4.78, 5) is 12.0. The van der Waals surface area contributed by atoms with Crippen LogP contribution >= 0.6 is 0 Å². The van der Waals surface area contributed by atoms with Gasteiger partial charge in [-0.1, -0.05) is 12.1 Å². The molecule has 0 aromatic heterocycles. The van der Waals surface area contributed by atoms with Gasteiger partial charge in [0, 0.05) is 5.56 Å². The van der Waals surface area contributed by atoms with Crippen molar-refractivity contribution < 1.29 is 4.79 Å². The van der Waals surface area contributed by atoms with E-state index < -0.39 is 0 Å². The first-order valence-corrected chi connectivity index (χ1v) is 6.00. The second kappa shape index (κ2) is 5.36. The molecule has 0 aliphatic rings. The first-order chi connectivity index (χ1) is 9.47. The van der Waals surface area contributed by atoms with Gasteiger partial charge in [-0.3, -0.25) is 4.79 Å². The van der Waals surface area contributed by atoms with Crippen LogP contribution in [-0.4, -0.2) is 5.78 Å². The molecule has 0 spiro atoms. The summed E-state index contributed by atoms with van der Waals surface area (Å²) in [6, 6.07) is 9.98. The van der Waals surface area contributed by atoms with Crippen LogP contribution in [0.15, 0.2) is 42.5 Å². The van der Waals surface area contributed by atoms with E-state index in [0.717, 1.165) is 5.56 Å². The fraction of sp³-hybridized carbons (Fsp3) is 0. The standard InChI is InChI=1S/C15H16N4O/c16-11-4-1-9(7-13(11)18)2-6-15(20)10-3-5-12(17)14(19)8-10/h1-8H,16-19H2. The first kappa shape index (κ1) is 13.5. The van der Waals surface area contributed by atoms with Gasteiger partial charge in [-0.25, -0.2) is 0 Å². The number of rotatable bonds is 3. The molecule has 0 unspecified atom stereocenters. The lowest BCUT2D eigenvalue weighted by Gasteiger charge is -2.02. The van der Waals surface area contributed by atoms with Crippen LogP contribution in [0.4, 0.5) is 22.7 Å². The van der Waals surface area contributed by atoms with E-state index in [2.05, 4.69) is 0 Å². The molecule has 0 bridgehead atoms. The molecule has 0 fully saturated rings. The zero-order valence-electron chi connectivity index (χ0n) is 10.8. The van der Waals surface area contributed by atoms with Crippen LogP contribution in [0.1, 0.15) is 15.9 Å². The summed E-state index contributed by atoms with van der Waals surface area (Å²) < 4.78 is 0. The summed E-state index contributed by atoms with van der Waals surface area (Å²) in [5.41, 5.74) is 25.7. The molecule has 0 aliphatic carbocycles. The second-order valence-electron chi connectivity index (χ2n) is 4.43. The van der Waals surface area contributed by atoms with Gasteiger partial charge in [-0.05, 0) is 42.0 Å². The van der Waals surface area contributed by atoms with Crippen LogP contribution in [0.25, 0.3) is 6.08 Å². The number of benzene rings is 2. The van der Waals surface area contributed by atoms with Crippen molar-refractivity contribution in [3.8, 4) is 0 Å². The van der Waals surface area contributed by atoms with E-state index in [0.29, 0.717) is 28.3 Å². The number of hydrogen-bond donors (Lipinski definition) is 4. The molecule has 0 radical (unpaired) electrons. The predicted molar refractivity (Wildman–Crippen MR) is 83.9 cm³/mol. The molecule has 2 aromatic carbocycles. The van der Waals surface area contributed by atoms with Crippen LogP contribution in [0.2, 0.25) is 0 Å². The molecule has 8 N–H and O–H groups in total. The molecule has 0 aliphatic heterocycles. The Bertz CT molecular complexity index is 692. The van der Waals surface area contributed by atoms with Crippen molar-refractivity contribution in [1.82, 2.24) is 0 Å². The lowest BCUT2D eigenvalue weighted by Crippen LogP contribution is -1.99. The summed E-state index contributed by atoms with van der Waals surface area (Å²) in [6.07, 6.45) is 3.13. The van der Waals surface area contributed by atoms with Gasteiger partial charge in [-0.15, -0.1) is 0 Å². The number of ketones is 1. The summed E-state index contributed by atoms with van der Waals surface area (Å²) in [5.74, 6) is -0.160. The molecule has 20 heavy (non-hydrogen) atoms. The average molecular weight is 268 g/mol. The molecular formula is C15H16N4O. The van der Waals surface area contributed by atoms with Crippen molar-refractivity contribution in [2.75, 3.05) is 22.9 Å². The Morgan fingerprint density at radius 2 is 1.40 bits per heavy atom. The van der Waals surface area contributed by atoms with Gasteiger partial charge in [0.15, 0.2) is 5.78 Å². The van der Waals surface area contributed by atoms with Gasteiger partial charge in [0.2, 0.25) is 0 Å². The van der Waals surface area contributed by atoms with E-state index in [-0.39, 0.29) is 5.78 Å². The minimum absolute atomic E-state index is 0.160. The largest absolute Gasteiger partial charge is 0.397 e. The van der Waals surface area contributed by atoms with Gasteiger partial charge < -0.3 is 22.9 Å². The maximum absolute atomic E-state index is 12.0. The van der Waals surface area contributed by atoms with E-state index in [1.54, 1.807) is 42.5 Å². The fourth-order valence-corrected chi connectivity index (χ4v) is 1.69. The Labute approximate surface area is 116 Å². The van der Waals surface area contributed by atoms with E-state index in [4.69, 9.17) is 22.9 Å². The van der Waals surface area contributed by atoms with Gasteiger partial charge in [0.1, 0.15) is 0 Å². The quantitative estimate of drug-likeness (QED) is 0.385. The number of nitrogen functional groups attached to an aromatic ring is 4. The summed E-state index contributed by atoms with van der Waals surface area (Å²) in [5, 5.41) is 0. The topological polar surface area (TPSA) is 121 Å². The molecule has 0 saturated heterocycles. The van der Waals surface area contributed by atoms with Crippen LogP contribution in [0.3, 0.4) is 0 Å². The van der Waals surface area contributed by atoms with E-state index >= 15 is 0 Å². The van der Waals surface area contributed by atoms with Crippen molar-refractivity contribution in [3.05, 3.63) is 53.6 Å². The number of allylic oxidation sites excluding steroid dienone is 1. The molecule has 2 rings (SSSR count). The first-order valence-electron chi connectivity index (χ1n) is 6.00. The van der Waals surface area contributed by atoms with Crippen molar-refractivity contribution in [2.24, 2.45) is 0 Å². The van der Waals surface area contributed by atoms with Crippen LogP contribution in [0, 0.1) is 0 Å². The lowest BCUT2D eigenvalue weighted by molar-refractivity contribution is 0.104. The zero-order chi connectivity index (χ0) is 14.7. The number of nitrogens with two attached hydrogens (primary N) is 4. The molecule has 5 nitrogen and oxygen atoms in total. The number of carbonyl (C=O) groups excluding carboxylic acids is 1. The molecule has 2 aromatic rings. The monoisotopic (exact) mass is 268 g/mol. The Kier molecular flexibility index (Phi) is 3.61. The van der Waals surface area contributed by atoms with Crippen molar-refractivity contribution >= 4 is 34.6 Å². The number of carbonyl (C=O) groups is 1. The van der Waals surface area contributed by atoms with Crippen molar-refractivity contribution in [1.29, 1.82) is 0 Å². The SMILES string of the molecule is Nc1ccc(C=CC(=O)c2ccc(N)c(N)c2)cc1N. The highest BCUT2D eigenvalue weighted by atomic mass is 16.1. The maximum atomic E-state index is 12.0. The minimum Gasteiger partial charge on any atom is -0.397 e. The lowest BCUT2D eigenvalue weighted by atomic mass is 10.1. The highest BCUT2D eigenvalue weighted by Crippen LogP contribution is 2.19. The third-order valence-electron chi connectivity index (χ3n) is 2.91. The minimum atomic E-state index is -0.160. The third-order valence-corrected chi connectivity index (χ3v) is 2.91. The molecular weight excluding hydrogens is 252 g/mol. The molecule has 0 heterocycles. The Hall–Kier alpha value is -2.95. The van der Waals surface area contributed by atoms with Gasteiger partial charge in [0.05, 0.1) is 22.7 Å². The summed E-state index contributed by atoms with van der Waals surface area (Å²) in [6.45, 7) is 0. The Balaban J connectivity index is 2.19. The smallest absolute Gasteiger partial charge is 0.185 e. The highest BCUT2D eigenvalue weighted by Gasteiger charge is 2.04. The molecule has 0 atom stereocenters. The van der Waals surface area contributed by atoms with Gasteiger partial charge in [-0.2, -0.15) is 0 Å². The van der Waals surface area contributed by atoms with E-state index in [1.165, 1.54) is 6.08 Å². The highest BCUT2D eigenvalue weighted by molar-refractivity contribution is 6.07. The molecule has 5 heteroatoms. The van der Waals surface area contributed by atoms with E-state index in [1.807, 2.05) is 0 Å².